The van der Waals surface area contributed by atoms with Crippen molar-refractivity contribution in [2.75, 3.05) is 17.6 Å². The number of amides is 1. The number of thioether (sulfide) groups is 1. The summed E-state index contributed by atoms with van der Waals surface area (Å²) >= 11 is 2.04. The van der Waals surface area contributed by atoms with Gasteiger partial charge in [0.15, 0.2) is 0 Å². The van der Waals surface area contributed by atoms with Crippen LogP contribution in [0, 0.1) is 0 Å². The standard InChI is InChI=1S/C17H25N3OS/c1-12-8-15(11-22-12)19-14-5-2-4-13(9-14)10-20-7-3-6-16(20)17(18)21/h2,4-5,9,12,15-16,19H,3,6-8,10-11H2,1H3,(H2,18,21)/t12-,15-,16-/m1/s1. The summed E-state index contributed by atoms with van der Waals surface area (Å²) in [5.74, 6) is 0.991. The average molecular weight is 319 g/mol. The Morgan fingerprint density at radius 3 is 3.09 bits per heavy atom. The molecule has 1 amide bonds. The summed E-state index contributed by atoms with van der Waals surface area (Å²) < 4.78 is 0. The van der Waals surface area contributed by atoms with Gasteiger partial charge < -0.3 is 11.1 Å². The Labute approximate surface area is 136 Å². The molecular weight excluding hydrogens is 294 g/mol. The minimum Gasteiger partial charge on any atom is -0.381 e. The number of carbonyl (C=O) groups excluding carboxylic acids is 1. The van der Waals surface area contributed by atoms with E-state index in [0.29, 0.717) is 6.04 Å². The molecule has 0 aliphatic carbocycles. The van der Waals surface area contributed by atoms with Crippen LogP contribution in [-0.2, 0) is 11.3 Å². The van der Waals surface area contributed by atoms with Crippen molar-refractivity contribution >= 4 is 23.4 Å². The van der Waals surface area contributed by atoms with Gasteiger partial charge >= 0.3 is 0 Å². The molecule has 2 saturated heterocycles. The van der Waals surface area contributed by atoms with Gasteiger partial charge in [0.2, 0.25) is 5.91 Å². The topological polar surface area (TPSA) is 58.4 Å². The Morgan fingerprint density at radius 2 is 2.36 bits per heavy atom. The van der Waals surface area contributed by atoms with E-state index in [1.165, 1.54) is 23.4 Å². The monoisotopic (exact) mass is 319 g/mol. The van der Waals surface area contributed by atoms with Crippen molar-refractivity contribution in [2.24, 2.45) is 5.73 Å². The highest BCUT2D eigenvalue weighted by molar-refractivity contribution is 8.00. The number of nitrogens with one attached hydrogen (secondary N) is 1. The first kappa shape index (κ1) is 15.7. The lowest BCUT2D eigenvalue weighted by Crippen LogP contribution is -2.39. The number of hydrogen-bond acceptors (Lipinski definition) is 4. The number of nitrogens with two attached hydrogens (primary N) is 1. The highest BCUT2D eigenvalue weighted by Crippen LogP contribution is 2.28. The Balaban J connectivity index is 1.62. The van der Waals surface area contributed by atoms with Crippen LogP contribution in [0.1, 0.15) is 31.7 Å². The fraction of sp³-hybridized carbons (Fsp3) is 0.588. The average Bonchev–Trinajstić information content (AvgIpc) is 3.08. The molecule has 0 radical (unpaired) electrons. The van der Waals surface area contributed by atoms with Gasteiger partial charge in [-0.15, -0.1) is 0 Å². The maximum absolute atomic E-state index is 11.5. The van der Waals surface area contributed by atoms with Crippen molar-refractivity contribution < 1.29 is 4.79 Å². The van der Waals surface area contributed by atoms with Crippen LogP contribution in [0.4, 0.5) is 5.69 Å². The van der Waals surface area contributed by atoms with Crippen LogP contribution in [0.3, 0.4) is 0 Å². The molecule has 2 aliphatic rings. The first-order chi connectivity index (χ1) is 10.6. The van der Waals surface area contributed by atoms with Crippen LogP contribution in [0.5, 0.6) is 0 Å². The van der Waals surface area contributed by atoms with Crippen molar-refractivity contribution in [3.05, 3.63) is 29.8 Å². The van der Waals surface area contributed by atoms with Gasteiger partial charge in [-0.05, 0) is 43.5 Å². The summed E-state index contributed by atoms with van der Waals surface area (Å²) in [4.78, 5) is 13.7. The van der Waals surface area contributed by atoms with E-state index in [-0.39, 0.29) is 11.9 Å². The maximum atomic E-state index is 11.5. The third kappa shape index (κ3) is 3.76. The molecule has 1 aromatic carbocycles. The summed E-state index contributed by atoms with van der Waals surface area (Å²) in [6.07, 6.45) is 3.18. The van der Waals surface area contributed by atoms with E-state index in [9.17, 15) is 4.79 Å². The van der Waals surface area contributed by atoms with Crippen molar-refractivity contribution in [1.82, 2.24) is 4.90 Å². The minimum atomic E-state index is -0.191. The van der Waals surface area contributed by atoms with Gasteiger partial charge in [0.1, 0.15) is 0 Å². The first-order valence-electron chi connectivity index (χ1n) is 8.12. The number of hydrogen-bond donors (Lipinski definition) is 2. The Morgan fingerprint density at radius 1 is 1.50 bits per heavy atom. The molecule has 0 spiro atoms. The molecule has 1 aromatic rings. The molecular formula is C17H25N3OS. The number of nitrogens with zero attached hydrogens (tertiary/aromatic N) is 1. The summed E-state index contributed by atoms with van der Waals surface area (Å²) in [7, 11) is 0. The smallest absolute Gasteiger partial charge is 0.234 e. The fourth-order valence-corrected chi connectivity index (χ4v) is 4.63. The van der Waals surface area contributed by atoms with Gasteiger partial charge in [-0.1, -0.05) is 19.1 Å². The minimum absolute atomic E-state index is 0.0938. The van der Waals surface area contributed by atoms with Gasteiger partial charge in [-0.2, -0.15) is 11.8 Å². The van der Waals surface area contributed by atoms with Crippen LogP contribution < -0.4 is 11.1 Å². The molecule has 2 heterocycles. The Bertz CT molecular complexity index is 536. The van der Waals surface area contributed by atoms with Gasteiger partial charge in [0.25, 0.3) is 0 Å². The maximum Gasteiger partial charge on any atom is 0.234 e. The van der Waals surface area contributed by atoms with Crippen molar-refractivity contribution in [3.8, 4) is 0 Å². The number of rotatable bonds is 5. The van der Waals surface area contributed by atoms with E-state index >= 15 is 0 Å². The van der Waals surface area contributed by atoms with E-state index in [1.54, 1.807) is 0 Å². The van der Waals surface area contributed by atoms with Crippen molar-refractivity contribution in [2.45, 2.75) is 50.1 Å². The number of likely N-dealkylation sites (tertiary alicyclic amines) is 1. The van der Waals surface area contributed by atoms with Crippen molar-refractivity contribution in [1.29, 1.82) is 0 Å². The molecule has 120 valence electrons. The predicted molar refractivity (Wildman–Crippen MR) is 93.0 cm³/mol. The van der Waals surface area contributed by atoms with E-state index in [1.807, 2.05) is 11.8 Å². The molecule has 3 atom stereocenters. The molecule has 0 saturated carbocycles. The number of carbonyl (C=O) groups is 1. The molecule has 0 bridgehead atoms. The van der Waals surface area contributed by atoms with E-state index in [2.05, 4.69) is 41.4 Å². The molecule has 5 heteroatoms. The van der Waals surface area contributed by atoms with Crippen molar-refractivity contribution in [3.63, 3.8) is 0 Å². The third-order valence-corrected chi connectivity index (χ3v) is 5.93. The lowest BCUT2D eigenvalue weighted by Gasteiger charge is -2.22. The molecule has 2 aliphatic heterocycles. The predicted octanol–water partition coefficient (Wildman–Crippen LogP) is 2.44. The second kappa shape index (κ2) is 6.92. The Kier molecular flexibility index (Phi) is 4.93. The third-order valence-electron chi connectivity index (χ3n) is 4.57. The van der Waals surface area contributed by atoms with E-state index < -0.39 is 0 Å². The molecule has 3 rings (SSSR count). The highest BCUT2D eigenvalue weighted by atomic mass is 32.2. The van der Waals surface area contributed by atoms with E-state index in [0.717, 1.165) is 31.2 Å². The zero-order valence-electron chi connectivity index (χ0n) is 13.1. The molecule has 4 nitrogen and oxygen atoms in total. The zero-order valence-corrected chi connectivity index (χ0v) is 13.9. The normalized spacial score (nSPS) is 28.9. The largest absolute Gasteiger partial charge is 0.381 e. The van der Waals surface area contributed by atoms with Gasteiger partial charge in [-0.25, -0.2) is 0 Å². The first-order valence-corrected chi connectivity index (χ1v) is 9.17. The number of benzene rings is 1. The Hall–Kier alpha value is -1.20. The molecule has 3 N–H and O–H groups in total. The molecule has 22 heavy (non-hydrogen) atoms. The molecule has 2 fully saturated rings. The number of anilines is 1. The van der Waals surface area contributed by atoms with Gasteiger partial charge in [0, 0.05) is 29.3 Å². The fourth-order valence-electron chi connectivity index (χ4n) is 3.49. The quantitative estimate of drug-likeness (QED) is 0.875. The second-order valence-electron chi connectivity index (χ2n) is 6.45. The summed E-state index contributed by atoms with van der Waals surface area (Å²) in [6, 6.07) is 9.05. The number of primary amides is 1. The second-order valence-corrected chi connectivity index (χ2v) is 7.92. The van der Waals surface area contributed by atoms with Gasteiger partial charge in [-0.3, -0.25) is 9.69 Å². The van der Waals surface area contributed by atoms with Crippen LogP contribution in [0.15, 0.2) is 24.3 Å². The lowest BCUT2D eigenvalue weighted by molar-refractivity contribution is -0.122. The van der Waals surface area contributed by atoms with Crippen LogP contribution >= 0.6 is 11.8 Å². The summed E-state index contributed by atoms with van der Waals surface area (Å²) in [5.41, 5.74) is 7.93. The van der Waals surface area contributed by atoms with E-state index in [4.69, 9.17) is 5.73 Å². The van der Waals surface area contributed by atoms with Crippen LogP contribution in [-0.4, -0.2) is 40.4 Å². The lowest BCUT2D eigenvalue weighted by atomic mass is 10.1. The summed E-state index contributed by atoms with van der Waals surface area (Å²) in [5, 5.41) is 4.39. The van der Waals surface area contributed by atoms with Crippen LogP contribution in [0.25, 0.3) is 0 Å². The molecule has 0 aromatic heterocycles. The van der Waals surface area contributed by atoms with Gasteiger partial charge in [0.05, 0.1) is 6.04 Å². The van der Waals surface area contributed by atoms with Crippen LogP contribution in [0.2, 0.25) is 0 Å². The highest BCUT2D eigenvalue weighted by Gasteiger charge is 2.28. The SMILES string of the molecule is C[C@@H]1C[C@@H](Nc2cccc(CN3CCC[C@@H]3C(N)=O)c2)CS1. The zero-order chi connectivity index (χ0) is 15.5. The summed E-state index contributed by atoms with van der Waals surface area (Å²) in [6.45, 7) is 4.06. The molecule has 0 unspecified atom stereocenters.